The molecule has 2 aromatic carbocycles. The van der Waals surface area contributed by atoms with E-state index >= 15 is 0 Å². The Bertz CT molecular complexity index is 537. The summed E-state index contributed by atoms with van der Waals surface area (Å²) in [5.74, 6) is 2.30. The Morgan fingerprint density at radius 2 is 1.48 bits per heavy atom. The molecule has 21 heavy (non-hydrogen) atoms. The largest absolute Gasteiger partial charge is 0.497 e. The van der Waals surface area contributed by atoms with Crippen LogP contribution in [-0.4, -0.2) is 27.4 Å². The van der Waals surface area contributed by atoms with Gasteiger partial charge in [-0.05, 0) is 29.8 Å². The second-order valence-corrected chi connectivity index (χ2v) is 4.40. The predicted octanol–water partition coefficient (Wildman–Crippen LogP) is 3.30. The van der Waals surface area contributed by atoms with E-state index in [2.05, 4.69) is 0 Å². The molecule has 112 valence electrons. The summed E-state index contributed by atoms with van der Waals surface area (Å²) in [6.45, 7) is 1.56. The monoisotopic (exact) mass is 288 g/mol. The van der Waals surface area contributed by atoms with Crippen LogP contribution in [0.1, 0.15) is 5.56 Å². The highest BCUT2D eigenvalue weighted by atomic mass is 16.5. The van der Waals surface area contributed by atoms with Crippen LogP contribution < -0.4 is 14.2 Å². The van der Waals surface area contributed by atoms with Gasteiger partial charge in [-0.1, -0.05) is 24.3 Å². The minimum absolute atomic E-state index is 0.483. The van der Waals surface area contributed by atoms with Gasteiger partial charge in [0.2, 0.25) is 0 Å². The minimum atomic E-state index is 0.483. The van der Waals surface area contributed by atoms with Crippen LogP contribution in [0.5, 0.6) is 17.2 Å². The van der Waals surface area contributed by atoms with Gasteiger partial charge in [0, 0.05) is 0 Å². The lowest BCUT2D eigenvalue weighted by atomic mass is 10.2. The first-order valence-corrected chi connectivity index (χ1v) is 6.80. The van der Waals surface area contributed by atoms with E-state index < -0.39 is 0 Å². The average molecular weight is 288 g/mol. The molecule has 0 saturated heterocycles. The third-order valence-corrected chi connectivity index (χ3v) is 2.98. The highest BCUT2D eigenvalue weighted by Crippen LogP contribution is 2.25. The van der Waals surface area contributed by atoms with E-state index in [-0.39, 0.29) is 0 Å². The third-order valence-electron chi connectivity index (χ3n) is 2.98. The second kappa shape index (κ2) is 8.17. The SMILES string of the molecule is COc1ccc(COCCOc2ccccc2OC)cc1. The van der Waals surface area contributed by atoms with Crippen molar-refractivity contribution in [1.82, 2.24) is 0 Å². The second-order valence-electron chi connectivity index (χ2n) is 4.40. The van der Waals surface area contributed by atoms with Crippen molar-refractivity contribution in [3.05, 3.63) is 54.1 Å². The average Bonchev–Trinajstić information content (AvgIpc) is 2.55. The third kappa shape index (κ3) is 4.68. The molecule has 0 radical (unpaired) electrons. The molecule has 0 amide bonds. The molecule has 0 bridgehead atoms. The van der Waals surface area contributed by atoms with Crippen molar-refractivity contribution in [2.45, 2.75) is 6.61 Å². The van der Waals surface area contributed by atoms with E-state index in [1.165, 1.54) is 0 Å². The van der Waals surface area contributed by atoms with Crippen molar-refractivity contribution >= 4 is 0 Å². The van der Waals surface area contributed by atoms with E-state index in [4.69, 9.17) is 18.9 Å². The predicted molar refractivity (Wildman–Crippen MR) is 81.1 cm³/mol. The smallest absolute Gasteiger partial charge is 0.161 e. The van der Waals surface area contributed by atoms with Gasteiger partial charge in [0.1, 0.15) is 12.4 Å². The van der Waals surface area contributed by atoms with Gasteiger partial charge >= 0.3 is 0 Å². The highest BCUT2D eigenvalue weighted by molar-refractivity contribution is 5.39. The number of methoxy groups -OCH3 is 2. The van der Waals surface area contributed by atoms with Crippen molar-refractivity contribution in [3.8, 4) is 17.2 Å². The van der Waals surface area contributed by atoms with E-state index in [0.717, 1.165) is 22.8 Å². The van der Waals surface area contributed by atoms with Crippen LogP contribution in [0.2, 0.25) is 0 Å². The van der Waals surface area contributed by atoms with Crippen LogP contribution in [0.25, 0.3) is 0 Å². The Kier molecular flexibility index (Phi) is 5.91. The number of para-hydroxylation sites is 2. The van der Waals surface area contributed by atoms with Gasteiger partial charge < -0.3 is 18.9 Å². The Labute approximate surface area is 125 Å². The van der Waals surface area contributed by atoms with Crippen molar-refractivity contribution in [1.29, 1.82) is 0 Å². The number of benzene rings is 2. The van der Waals surface area contributed by atoms with Gasteiger partial charge in [0.05, 0.1) is 27.4 Å². The van der Waals surface area contributed by atoms with Crippen molar-refractivity contribution < 1.29 is 18.9 Å². The highest BCUT2D eigenvalue weighted by Gasteiger charge is 2.02. The van der Waals surface area contributed by atoms with Crippen molar-refractivity contribution in [2.24, 2.45) is 0 Å². The fourth-order valence-electron chi connectivity index (χ4n) is 1.86. The van der Waals surface area contributed by atoms with Crippen LogP contribution in [0.15, 0.2) is 48.5 Å². The van der Waals surface area contributed by atoms with Gasteiger partial charge in [0.25, 0.3) is 0 Å². The molecule has 0 fully saturated rings. The Balaban J connectivity index is 1.70. The molecule has 2 aromatic rings. The number of ether oxygens (including phenoxy) is 4. The lowest BCUT2D eigenvalue weighted by Crippen LogP contribution is -2.07. The summed E-state index contributed by atoms with van der Waals surface area (Å²) in [7, 11) is 3.28. The summed E-state index contributed by atoms with van der Waals surface area (Å²) >= 11 is 0. The van der Waals surface area contributed by atoms with Crippen LogP contribution in [0.4, 0.5) is 0 Å². The normalized spacial score (nSPS) is 10.2. The fraction of sp³-hybridized carbons (Fsp3) is 0.294. The van der Waals surface area contributed by atoms with Crippen LogP contribution in [0.3, 0.4) is 0 Å². The Morgan fingerprint density at radius 1 is 0.762 bits per heavy atom. The number of hydrogen-bond acceptors (Lipinski definition) is 4. The molecule has 4 heteroatoms. The summed E-state index contributed by atoms with van der Waals surface area (Å²) in [6.07, 6.45) is 0. The van der Waals surface area contributed by atoms with Gasteiger partial charge in [-0.2, -0.15) is 0 Å². The molecule has 0 saturated carbocycles. The van der Waals surface area contributed by atoms with Crippen LogP contribution in [-0.2, 0) is 11.3 Å². The molecule has 4 nitrogen and oxygen atoms in total. The van der Waals surface area contributed by atoms with Gasteiger partial charge in [-0.25, -0.2) is 0 Å². The minimum Gasteiger partial charge on any atom is -0.497 e. The Morgan fingerprint density at radius 3 is 2.14 bits per heavy atom. The maximum atomic E-state index is 5.63. The van der Waals surface area contributed by atoms with Crippen LogP contribution in [0, 0.1) is 0 Å². The summed E-state index contributed by atoms with van der Waals surface area (Å²) in [5, 5.41) is 0. The zero-order valence-electron chi connectivity index (χ0n) is 12.4. The molecule has 0 aromatic heterocycles. The van der Waals surface area contributed by atoms with Crippen molar-refractivity contribution in [2.75, 3.05) is 27.4 Å². The zero-order chi connectivity index (χ0) is 14.9. The zero-order valence-corrected chi connectivity index (χ0v) is 12.4. The summed E-state index contributed by atoms with van der Waals surface area (Å²) in [6, 6.07) is 15.4. The van der Waals surface area contributed by atoms with Gasteiger partial charge in [-0.15, -0.1) is 0 Å². The molecule has 0 atom stereocenters. The molecule has 0 N–H and O–H groups in total. The lowest BCUT2D eigenvalue weighted by molar-refractivity contribution is 0.0879. The lowest BCUT2D eigenvalue weighted by Gasteiger charge is -2.10. The van der Waals surface area contributed by atoms with E-state index in [1.54, 1.807) is 14.2 Å². The standard InChI is InChI=1S/C17H20O4/c1-18-15-9-7-14(8-10-15)13-20-11-12-21-17-6-4-3-5-16(17)19-2/h3-10H,11-13H2,1-2H3. The Hall–Kier alpha value is -2.20. The maximum absolute atomic E-state index is 5.63. The summed E-state index contributed by atoms with van der Waals surface area (Å²) < 4.78 is 21.5. The van der Waals surface area contributed by atoms with E-state index in [9.17, 15) is 0 Å². The molecule has 2 rings (SSSR count). The molecular formula is C17H20O4. The van der Waals surface area contributed by atoms with Crippen LogP contribution >= 0.6 is 0 Å². The van der Waals surface area contributed by atoms with Gasteiger partial charge in [0.15, 0.2) is 11.5 Å². The molecular weight excluding hydrogens is 268 g/mol. The molecule has 0 heterocycles. The number of rotatable bonds is 8. The van der Waals surface area contributed by atoms with E-state index in [0.29, 0.717) is 19.8 Å². The fourth-order valence-corrected chi connectivity index (χ4v) is 1.86. The molecule has 0 aliphatic heterocycles. The first kappa shape index (κ1) is 15.2. The molecule has 0 aliphatic rings. The molecule has 0 spiro atoms. The first-order chi connectivity index (χ1) is 10.3. The van der Waals surface area contributed by atoms with Crippen molar-refractivity contribution in [3.63, 3.8) is 0 Å². The number of hydrogen-bond donors (Lipinski definition) is 0. The first-order valence-electron chi connectivity index (χ1n) is 6.80. The van der Waals surface area contributed by atoms with E-state index in [1.807, 2.05) is 48.5 Å². The summed E-state index contributed by atoms with van der Waals surface area (Å²) in [5.41, 5.74) is 1.10. The molecule has 0 aliphatic carbocycles. The summed E-state index contributed by atoms with van der Waals surface area (Å²) in [4.78, 5) is 0. The maximum Gasteiger partial charge on any atom is 0.161 e. The molecule has 0 unspecified atom stereocenters. The topological polar surface area (TPSA) is 36.9 Å². The quantitative estimate of drug-likeness (QED) is 0.698. The van der Waals surface area contributed by atoms with Gasteiger partial charge in [-0.3, -0.25) is 0 Å².